The van der Waals surface area contributed by atoms with Gasteiger partial charge in [0.05, 0.1) is 6.04 Å². The molecule has 0 aliphatic rings. The predicted octanol–water partition coefficient (Wildman–Crippen LogP) is 9.31. The monoisotopic (exact) mass is 558 g/mol. The molecule has 232 valence electrons. The van der Waals surface area contributed by atoms with Crippen LogP contribution >= 0.6 is 0 Å². The molecule has 0 aromatic heterocycles. The molecule has 0 aliphatic heterocycles. The van der Waals surface area contributed by atoms with Crippen LogP contribution in [0, 0.1) is 12.3 Å². The Bertz CT molecular complexity index is 774. The average molecular weight is 558 g/mol. The average Bonchev–Trinajstić information content (AvgIpc) is 3.01. The van der Waals surface area contributed by atoms with Crippen molar-refractivity contribution in [3.8, 4) is 12.3 Å². The predicted molar refractivity (Wildman–Crippen MR) is 189 cm³/mol. The fourth-order valence-electron chi connectivity index (χ4n) is 2.55. The van der Waals surface area contributed by atoms with E-state index in [9.17, 15) is 0 Å². The highest BCUT2D eigenvalue weighted by molar-refractivity contribution is 5.50. The first-order valence-corrected chi connectivity index (χ1v) is 14.8. The van der Waals surface area contributed by atoms with Gasteiger partial charge in [0.15, 0.2) is 0 Å². The molecule has 0 aromatic rings. The van der Waals surface area contributed by atoms with Gasteiger partial charge in [-0.05, 0) is 63.0 Å². The Balaban J connectivity index is -0.000000230. The molecule has 0 heterocycles. The first-order chi connectivity index (χ1) is 19.2. The van der Waals surface area contributed by atoms with Gasteiger partial charge in [-0.3, -0.25) is 5.43 Å². The van der Waals surface area contributed by atoms with Crippen LogP contribution < -0.4 is 22.2 Å². The van der Waals surface area contributed by atoms with Crippen LogP contribution in [-0.2, 0) is 0 Å². The maximum absolute atomic E-state index is 5.50. The van der Waals surface area contributed by atoms with Gasteiger partial charge in [-0.1, -0.05) is 124 Å². The van der Waals surface area contributed by atoms with E-state index in [1.54, 1.807) is 13.0 Å². The van der Waals surface area contributed by atoms with E-state index in [1.807, 2.05) is 61.5 Å². The molecule has 1 unspecified atom stereocenters. The minimum atomic E-state index is -0.277. The molecule has 0 spiro atoms. The van der Waals surface area contributed by atoms with E-state index < -0.39 is 0 Å². The van der Waals surface area contributed by atoms with E-state index in [-0.39, 0.29) is 6.04 Å². The summed E-state index contributed by atoms with van der Waals surface area (Å²) in [6.07, 6.45) is 16.9. The van der Waals surface area contributed by atoms with Crippen LogP contribution in [0.5, 0.6) is 0 Å². The Labute approximate surface area is 251 Å². The Hall–Kier alpha value is -3.39. The quantitative estimate of drug-likeness (QED) is 0.0403. The van der Waals surface area contributed by atoms with Crippen LogP contribution in [0.3, 0.4) is 0 Å². The van der Waals surface area contributed by atoms with Crippen molar-refractivity contribution in [2.75, 3.05) is 6.54 Å². The SMILES string of the molecule is C#CC.C=C/C(CC(=C)CC)=C(/C)CC=C(CC)CNC(=C)C(=C)C(C=CN)N/N=C/N.CC.CC.CC.CC. The number of hydrogen-bond acceptors (Lipinski definition) is 4. The summed E-state index contributed by atoms with van der Waals surface area (Å²) in [5.41, 5.74) is 20.2. The molecule has 0 aromatic carbocycles. The first-order valence-electron chi connectivity index (χ1n) is 14.8. The molecule has 0 bridgehead atoms. The van der Waals surface area contributed by atoms with Gasteiger partial charge < -0.3 is 16.8 Å². The van der Waals surface area contributed by atoms with E-state index in [0.29, 0.717) is 6.54 Å². The van der Waals surface area contributed by atoms with Crippen molar-refractivity contribution < 1.29 is 0 Å². The number of nitrogens with two attached hydrogens (primary N) is 2. The molecule has 1 atom stereocenters. The molecule has 5 heteroatoms. The second-order valence-electron chi connectivity index (χ2n) is 7.13. The minimum absolute atomic E-state index is 0.277. The zero-order chi connectivity index (χ0) is 32.9. The second kappa shape index (κ2) is 42.7. The summed E-state index contributed by atoms with van der Waals surface area (Å²) in [7, 11) is 0. The van der Waals surface area contributed by atoms with Crippen molar-refractivity contribution in [1.29, 1.82) is 0 Å². The highest BCUT2D eigenvalue weighted by Crippen LogP contribution is 2.20. The van der Waals surface area contributed by atoms with E-state index in [2.05, 4.69) is 81.4 Å². The number of allylic oxidation sites excluding steroid dienone is 5. The van der Waals surface area contributed by atoms with Crippen molar-refractivity contribution in [3.05, 3.63) is 84.3 Å². The fourth-order valence-corrected chi connectivity index (χ4v) is 2.55. The third kappa shape index (κ3) is 30.8. The summed E-state index contributed by atoms with van der Waals surface area (Å²) in [4.78, 5) is 0. The molecule has 5 nitrogen and oxygen atoms in total. The summed E-state index contributed by atoms with van der Waals surface area (Å²) in [5, 5.41) is 7.19. The summed E-state index contributed by atoms with van der Waals surface area (Å²) in [6, 6.07) is -0.277. The van der Waals surface area contributed by atoms with Crippen molar-refractivity contribution >= 4 is 6.34 Å². The summed E-state index contributed by atoms with van der Waals surface area (Å²) < 4.78 is 0. The largest absolute Gasteiger partial charge is 0.405 e. The molecule has 40 heavy (non-hydrogen) atoms. The molecule has 0 fully saturated rings. The molecule has 0 rings (SSSR count). The molecular formula is C35H67N5. The summed E-state index contributed by atoms with van der Waals surface area (Å²) >= 11 is 0. The van der Waals surface area contributed by atoms with Crippen molar-refractivity contribution in [1.82, 2.24) is 10.7 Å². The smallest absolute Gasteiger partial charge is 0.106 e. The van der Waals surface area contributed by atoms with Gasteiger partial charge in [-0.2, -0.15) is 5.10 Å². The summed E-state index contributed by atoms with van der Waals surface area (Å²) in [6.45, 7) is 41.0. The second-order valence-corrected chi connectivity index (χ2v) is 7.13. The van der Waals surface area contributed by atoms with E-state index in [1.165, 1.54) is 34.8 Å². The van der Waals surface area contributed by atoms with E-state index >= 15 is 0 Å². The summed E-state index contributed by atoms with van der Waals surface area (Å²) in [5.74, 6) is 2.25. The van der Waals surface area contributed by atoms with Crippen LogP contribution in [0.15, 0.2) is 89.4 Å². The number of nitrogens with one attached hydrogen (secondary N) is 2. The van der Waals surface area contributed by atoms with Gasteiger partial charge in [0.2, 0.25) is 0 Å². The van der Waals surface area contributed by atoms with Crippen LogP contribution in [0.2, 0.25) is 0 Å². The van der Waals surface area contributed by atoms with Gasteiger partial charge in [-0.15, -0.1) is 12.3 Å². The minimum Gasteiger partial charge on any atom is -0.405 e. The lowest BCUT2D eigenvalue weighted by atomic mass is 9.97. The standard InChI is InChI=1S/C24H39N5.C3H4.4C2H6/c1-8-18(4)15-23(10-3)19(5)11-12-22(9-2)16-27-21(7)20(6)24(13-14-25)29-28-17-26;1-3-2;4*1-2/h10,12-14,17,24,27,29H,3-4,6-9,11,15-16,25H2,1-2,5H3,(H2,26,28);1H,2H3;4*1-2H3/b14-13?,22-12?,23-19+;;;;;. The molecule has 0 saturated carbocycles. The molecule has 0 amide bonds. The van der Waals surface area contributed by atoms with Gasteiger partial charge in [0.1, 0.15) is 6.34 Å². The van der Waals surface area contributed by atoms with Crippen molar-refractivity contribution in [2.24, 2.45) is 16.6 Å². The van der Waals surface area contributed by atoms with E-state index in [0.717, 1.165) is 37.0 Å². The van der Waals surface area contributed by atoms with Crippen LogP contribution in [-0.4, -0.2) is 18.9 Å². The highest BCUT2D eigenvalue weighted by Gasteiger charge is 2.11. The lowest BCUT2D eigenvalue weighted by Crippen LogP contribution is -2.30. The Kier molecular flexibility index (Phi) is 52.9. The van der Waals surface area contributed by atoms with Crippen LogP contribution in [0.4, 0.5) is 0 Å². The highest BCUT2D eigenvalue weighted by atomic mass is 15.3. The zero-order valence-electron chi connectivity index (χ0n) is 28.5. The van der Waals surface area contributed by atoms with E-state index in [4.69, 9.17) is 11.5 Å². The third-order valence-electron chi connectivity index (χ3n) is 4.77. The number of hydrogen-bond donors (Lipinski definition) is 4. The molecule has 0 saturated heterocycles. The zero-order valence-corrected chi connectivity index (χ0v) is 28.5. The molecule has 0 aliphatic carbocycles. The lowest BCUT2D eigenvalue weighted by molar-refractivity contribution is 0.685. The normalized spacial score (nSPS) is 10.8. The fraction of sp³-hybridized carbons (Fsp3) is 0.514. The molecule has 6 N–H and O–H groups in total. The lowest BCUT2D eigenvalue weighted by Gasteiger charge is -2.19. The van der Waals surface area contributed by atoms with Gasteiger partial charge >= 0.3 is 0 Å². The van der Waals surface area contributed by atoms with Crippen LogP contribution in [0.25, 0.3) is 0 Å². The third-order valence-corrected chi connectivity index (χ3v) is 4.77. The Morgan fingerprint density at radius 1 is 0.975 bits per heavy atom. The van der Waals surface area contributed by atoms with Gasteiger partial charge in [0.25, 0.3) is 0 Å². The maximum atomic E-state index is 5.50. The number of terminal acetylenes is 1. The molecular weight excluding hydrogens is 490 g/mol. The van der Waals surface area contributed by atoms with Crippen molar-refractivity contribution in [2.45, 2.75) is 115 Å². The Morgan fingerprint density at radius 3 is 1.85 bits per heavy atom. The topological polar surface area (TPSA) is 88.5 Å². The maximum Gasteiger partial charge on any atom is 0.106 e. The van der Waals surface area contributed by atoms with Gasteiger partial charge in [-0.25, -0.2) is 0 Å². The number of hydrazone groups is 1. The Morgan fingerprint density at radius 2 is 1.48 bits per heavy atom. The first kappa shape index (κ1) is 49.5. The number of nitrogens with zero attached hydrogens (tertiary/aromatic N) is 1. The molecule has 0 radical (unpaired) electrons. The van der Waals surface area contributed by atoms with Crippen LogP contribution in [0.1, 0.15) is 109 Å². The number of rotatable bonds is 15. The van der Waals surface area contributed by atoms with Gasteiger partial charge in [0, 0.05) is 12.2 Å². The van der Waals surface area contributed by atoms with Crippen molar-refractivity contribution in [3.63, 3.8) is 0 Å².